The Kier molecular flexibility index (Phi) is 3.67. The van der Waals surface area contributed by atoms with Crippen LogP contribution in [0, 0.1) is 6.92 Å². The Labute approximate surface area is 133 Å². The third kappa shape index (κ3) is 2.60. The van der Waals surface area contributed by atoms with Crippen LogP contribution in [0.1, 0.15) is 36.2 Å². The minimum atomic E-state index is -0.785. The predicted octanol–water partition coefficient (Wildman–Crippen LogP) is 1.74. The van der Waals surface area contributed by atoms with Gasteiger partial charge in [0.2, 0.25) is 5.91 Å². The number of amides is 3. The maximum atomic E-state index is 12.5. The molecule has 0 saturated carbocycles. The van der Waals surface area contributed by atoms with E-state index in [0.717, 1.165) is 16.5 Å². The number of carbonyl (C=O) groups excluding carboxylic acids is 3. The van der Waals surface area contributed by atoms with E-state index in [-0.39, 0.29) is 30.2 Å². The Bertz CT molecular complexity index is 807. The number of imide groups is 1. The molecule has 6 nitrogen and oxygen atoms in total. The summed E-state index contributed by atoms with van der Waals surface area (Å²) in [6.07, 6.45) is 1.64. The summed E-state index contributed by atoms with van der Waals surface area (Å²) in [6, 6.07) is 4.80. The minimum absolute atomic E-state index is 0.0180. The molecule has 3 amide bonds. The van der Waals surface area contributed by atoms with Crippen LogP contribution in [0.15, 0.2) is 24.4 Å². The zero-order valence-corrected chi connectivity index (χ0v) is 13.3. The summed E-state index contributed by atoms with van der Waals surface area (Å²) in [5.74, 6) is -0.932. The van der Waals surface area contributed by atoms with Crippen molar-refractivity contribution in [3.8, 4) is 0 Å². The fraction of sp³-hybridized carbons (Fsp3) is 0.353. The summed E-state index contributed by atoms with van der Waals surface area (Å²) in [6.45, 7) is 5.51. The zero-order chi connectivity index (χ0) is 16.7. The summed E-state index contributed by atoms with van der Waals surface area (Å²) in [7, 11) is 0. The molecule has 0 aliphatic carbocycles. The van der Waals surface area contributed by atoms with Crippen LogP contribution < -0.4 is 5.32 Å². The van der Waals surface area contributed by atoms with E-state index in [1.165, 1.54) is 4.90 Å². The number of fused-ring (bicyclic) bond motifs is 1. The number of aryl methyl sites for hydroxylation is 1. The lowest BCUT2D eigenvalue weighted by atomic mass is 10.1. The van der Waals surface area contributed by atoms with E-state index in [1.54, 1.807) is 20.0 Å². The minimum Gasteiger partial charge on any atom is -0.360 e. The van der Waals surface area contributed by atoms with Gasteiger partial charge in [0.25, 0.3) is 11.8 Å². The van der Waals surface area contributed by atoms with Crippen molar-refractivity contribution >= 4 is 28.6 Å². The normalized spacial score (nSPS) is 18.3. The highest BCUT2D eigenvalue weighted by atomic mass is 16.2. The largest absolute Gasteiger partial charge is 0.360 e. The van der Waals surface area contributed by atoms with Gasteiger partial charge >= 0.3 is 0 Å². The van der Waals surface area contributed by atoms with Crippen LogP contribution >= 0.6 is 0 Å². The van der Waals surface area contributed by atoms with Crippen molar-refractivity contribution in [2.24, 2.45) is 0 Å². The lowest BCUT2D eigenvalue weighted by Gasteiger charge is -2.19. The highest BCUT2D eigenvalue weighted by molar-refractivity contribution is 6.11. The highest BCUT2D eigenvalue weighted by Gasteiger charge is 2.40. The number of hydrogen-bond donors (Lipinski definition) is 2. The number of likely N-dealkylation sites (tertiary alicyclic amines) is 1. The van der Waals surface area contributed by atoms with Gasteiger partial charge in [0.15, 0.2) is 0 Å². The Hall–Kier alpha value is -2.63. The summed E-state index contributed by atoms with van der Waals surface area (Å²) in [5.41, 5.74) is 2.38. The van der Waals surface area contributed by atoms with Crippen molar-refractivity contribution in [2.75, 3.05) is 0 Å². The second-order valence-corrected chi connectivity index (χ2v) is 6.18. The van der Waals surface area contributed by atoms with Gasteiger partial charge in [0.05, 0.1) is 12.0 Å². The van der Waals surface area contributed by atoms with E-state index >= 15 is 0 Å². The number of aromatic amines is 1. The number of aromatic nitrogens is 1. The predicted molar refractivity (Wildman–Crippen MR) is 85.9 cm³/mol. The molecule has 1 saturated heterocycles. The van der Waals surface area contributed by atoms with Crippen molar-refractivity contribution in [1.29, 1.82) is 0 Å². The van der Waals surface area contributed by atoms with Crippen molar-refractivity contribution in [3.05, 3.63) is 35.5 Å². The Morgan fingerprint density at radius 2 is 2.09 bits per heavy atom. The van der Waals surface area contributed by atoms with Gasteiger partial charge in [-0.05, 0) is 32.9 Å². The third-order valence-corrected chi connectivity index (χ3v) is 4.09. The molecule has 1 aliphatic rings. The van der Waals surface area contributed by atoms with E-state index in [2.05, 4.69) is 10.3 Å². The maximum Gasteiger partial charge on any atom is 0.254 e. The molecule has 0 unspecified atom stereocenters. The molecule has 1 atom stereocenters. The van der Waals surface area contributed by atoms with E-state index in [4.69, 9.17) is 0 Å². The fourth-order valence-corrected chi connectivity index (χ4v) is 2.96. The summed E-state index contributed by atoms with van der Waals surface area (Å²) in [5, 5.41) is 3.49. The first-order chi connectivity index (χ1) is 10.9. The van der Waals surface area contributed by atoms with Crippen LogP contribution in [0.5, 0.6) is 0 Å². The Morgan fingerprint density at radius 3 is 2.74 bits per heavy atom. The van der Waals surface area contributed by atoms with Crippen molar-refractivity contribution in [3.63, 3.8) is 0 Å². The van der Waals surface area contributed by atoms with E-state index in [9.17, 15) is 14.4 Å². The Morgan fingerprint density at radius 1 is 1.35 bits per heavy atom. The molecule has 2 N–H and O–H groups in total. The first-order valence-electron chi connectivity index (χ1n) is 7.63. The molecule has 2 aromatic rings. The fourth-order valence-electron chi connectivity index (χ4n) is 2.96. The maximum absolute atomic E-state index is 12.5. The molecule has 1 fully saturated rings. The molecule has 0 bridgehead atoms. The van der Waals surface area contributed by atoms with Crippen LogP contribution in [0.25, 0.3) is 10.9 Å². The third-order valence-electron chi connectivity index (χ3n) is 4.09. The van der Waals surface area contributed by atoms with Crippen LogP contribution in [-0.4, -0.2) is 39.7 Å². The van der Waals surface area contributed by atoms with E-state index in [0.29, 0.717) is 5.56 Å². The smallest absolute Gasteiger partial charge is 0.254 e. The molecule has 0 spiro atoms. The quantitative estimate of drug-likeness (QED) is 0.847. The molecule has 120 valence electrons. The van der Waals surface area contributed by atoms with Gasteiger partial charge in [-0.3, -0.25) is 19.3 Å². The van der Waals surface area contributed by atoms with Crippen LogP contribution in [0.4, 0.5) is 0 Å². The van der Waals surface area contributed by atoms with Crippen LogP contribution in [0.2, 0.25) is 0 Å². The topological polar surface area (TPSA) is 82.3 Å². The molecule has 1 aromatic carbocycles. The molecular formula is C17H19N3O3. The van der Waals surface area contributed by atoms with Gasteiger partial charge in [-0.25, -0.2) is 0 Å². The van der Waals surface area contributed by atoms with Crippen molar-refractivity contribution < 1.29 is 14.4 Å². The van der Waals surface area contributed by atoms with Gasteiger partial charge in [-0.2, -0.15) is 0 Å². The van der Waals surface area contributed by atoms with Gasteiger partial charge in [-0.15, -0.1) is 0 Å². The van der Waals surface area contributed by atoms with Gasteiger partial charge < -0.3 is 10.3 Å². The summed E-state index contributed by atoms with van der Waals surface area (Å²) >= 11 is 0. The van der Waals surface area contributed by atoms with Crippen LogP contribution in [-0.2, 0) is 9.59 Å². The second kappa shape index (κ2) is 5.53. The first kappa shape index (κ1) is 15.3. The summed E-state index contributed by atoms with van der Waals surface area (Å²) in [4.78, 5) is 40.9. The van der Waals surface area contributed by atoms with E-state index < -0.39 is 6.04 Å². The standard InChI is InChI=1S/C17H19N3O3/c1-9(2)20-15(21)7-14(17(20)23)19-16(22)12-8-18-13-5-4-10(3)6-11(12)13/h4-6,8-9,14,18H,7H2,1-3H3,(H,19,22)/t14-/m0/s1. The van der Waals surface area contributed by atoms with Crippen molar-refractivity contribution in [2.45, 2.75) is 39.3 Å². The number of hydrogen-bond acceptors (Lipinski definition) is 3. The number of benzene rings is 1. The van der Waals surface area contributed by atoms with Crippen molar-refractivity contribution in [1.82, 2.24) is 15.2 Å². The number of nitrogens with one attached hydrogen (secondary N) is 2. The molecule has 6 heteroatoms. The monoisotopic (exact) mass is 313 g/mol. The molecule has 3 rings (SSSR count). The average molecular weight is 313 g/mol. The number of rotatable bonds is 3. The first-order valence-corrected chi connectivity index (χ1v) is 7.63. The number of carbonyl (C=O) groups is 3. The molecule has 1 aliphatic heterocycles. The molecule has 0 radical (unpaired) electrons. The van der Waals surface area contributed by atoms with Crippen LogP contribution in [0.3, 0.4) is 0 Å². The van der Waals surface area contributed by atoms with Gasteiger partial charge in [-0.1, -0.05) is 11.6 Å². The summed E-state index contributed by atoms with van der Waals surface area (Å²) < 4.78 is 0. The molecular weight excluding hydrogens is 294 g/mol. The average Bonchev–Trinajstić information content (AvgIpc) is 3.00. The zero-order valence-electron chi connectivity index (χ0n) is 13.3. The number of nitrogens with zero attached hydrogens (tertiary/aromatic N) is 1. The van der Waals surface area contributed by atoms with E-state index in [1.807, 2.05) is 25.1 Å². The molecule has 1 aromatic heterocycles. The Balaban J connectivity index is 1.83. The lowest BCUT2D eigenvalue weighted by Crippen LogP contribution is -2.43. The SMILES string of the molecule is Cc1ccc2[nH]cc(C(=O)N[C@H]3CC(=O)N(C(C)C)C3=O)c2c1. The number of H-pyrrole nitrogens is 1. The highest BCUT2D eigenvalue weighted by Crippen LogP contribution is 2.21. The lowest BCUT2D eigenvalue weighted by molar-refractivity contribution is -0.140. The van der Waals surface area contributed by atoms with Gasteiger partial charge in [0, 0.05) is 23.1 Å². The molecule has 2 heterocycles. The van der Waals surface area contributed by atoms with Gasteiger partial charge in [0.1, 0.15) is 6.04 Å². The molecule has 23 heavy (non-hydrogen) atoms. The second-order valence-electron chi connectivity index (χ2n) is 6.18.